The number of ether oxygens (including phenoxy) is 3. The number of nitrogens with one attached hydrogen (secondary N) is 2. The van der Waals surface area contributed by atoms with Gasteiger partial charge in [0.25, 0.3) is 0 Å². The van der Waals surface area contributed by atoms with Crippen LogP contribution in [0.2, 0.25) is 54.4 Å². The average molecular weight is 1200 g/mol. The first-order chi connectivity index (χ1) is 38.2. The predicted octanol–water partition coefficient (Wildman–Crippen LogP) is 17.1. The molecule has 18 heteroatoms. The lowest BCUT2D eigenvalue weighted by molar-refractivity contribution is -0.145. The van der Waals surface area contributed by atoms with E-state index in [-0.39, 0.29) is 83.0 Å². The van der Waals surface area contributed by atoms with Gasteiger partial charge in [-0.2, -0.15) is 13.2 Å². The van der Waals surface area contributed by atoms with Crippen LogP contribution in [0.15, 0.2) is 109 Å². The lowest BCUT2D eigenvalue weighted by Gasteiger charge is -2.40. The zero-order valence-corrected chi connectivity index (χ0v) is 55.8. The zero-order valence-electron chi connectivity index (χ0n) is 52.8. The van der Waals surface area contributed by atoms with E-state index in [2.05, 4.69) is 142 Å². The molecule has 2 N–H and O–H groups in total. The van der Waals surface area contributed by atoms with Gasteiger partial charge in [-0.3, -0.25) is 14.6 Å². The molecule has 0 saturated heterocycles. The number of anilines is 1. The monoisotopic (exact) mass is 1200 g/mol. The number of hydrogen-bond acceptors (Lipinski definition) is 10. The highest BCUT2D eigenvalue weighted by molar-refractivity contribution is 6.75. The molecule has 2 amide bonds. The standard InChI is InChI=1S/C65H96F3N3O9Si3/c1-61(2,3)77-60(74)70-42-55(59(73)71-50-33-32-48-41-69-37-36-47(48)38-50)46-30-28-45(29-31-46)43-76-58(72)27-22-20-19-21-26-53-54(57(80-83(17,18)64(10,11)12)40-56(53)79-82(15,16)63(7,8)9)35-34-52(78-81(13,14)62(4,5)6)44-75-51-25-23-24-49(39-51)65(66,67)68/h19,21,23-25,28-39,41,52-57H,20,22,26-27,40,42-44H2,1-18H3,(H,70,74)(H,71,73)/b21-19-,35-34+/t52-,53-,54-,55?,56+,57-/m1/s1. The number of carbonyl (C=O) groups is 3. The topological polar surface area (TPSA) is 144 Å². The fraction of sp³-hybridized carbons (Fsp3) is 0.569. The van der Waals surface area contributed by atoms with Crippen LogP contribution < -0.4 is 15.4 Å². The SMILES string of the molecule is CC(C)(C)OC(=O)NCC(C(=O)Nc1ccc2cnccc2c1)c1ccc(COC(=O)CCC/C=C\C[C@@H]2[C@@H](/C=C/[C@H](COc3cccc(C(F)(F)F)c3)O[Si](C)(C)C(C)(C)C)[C@H](O[Si](C)(C)C(C)(C)C)C[C@@H]2O[Si](C)(C)C(C)(C)C)cc1. The Morgan fingerprint density at radius 3 is 2.00 bits per heavy atom. The number of alkyl carbamates (subject to hydrolysis) is 1. The fourth-order valence-corrected chi connectivity index (χ4v) is 13.0. The van der Waals surface area contributed by atoms with E-state index in [1.54, 1.807) is 51.4 Å². The highest BCUT2D eigenvalue weighted by Crippen LogP contribution is 2.48. The van der Waals surface area contributed by atoms with Crippen LogP contribution in [0, 0.1) is 11.8 Å². The number of halogens is 3. The van der Waals surface area contributed by atoms with Crippen LogP contribution in [-0.4, -0.2) is 85.0 Å². The molecule has 0 radical (unpaired) electrons. The number of rotatable bonds is 24. The fourth-order valence-electron chi connectivity index (χ4n) is 8.98. The van der Waals surface area contributed by atoms with Gasteiger partial charge in [0.1, 0.15) is 24.6 Å². The molecule has 0 aliphatic heterocycles. The summed E-state index contributed by atoms with van der Waals surface area (Å²) in [5.41, 5.74) is 0.516. The van der Waals surface area contributed by atoms with Crippen molar-refractivity contribution in [2.45, 2.75) is 212 Å². The highest BCUT2D eigenvalue weighted by atomic mass is 28.4. The summed E-state index contributed by atoms with van der Waals surface area (Å²) in [5, 5.41) is 7.36. The van der Waals surface area contributed by atoms with E-state index in [0.29, 0.717) is 36.9 Å². The van der Waals surface area contributed by atoms with Crippen molar-refractivity contribution < 1.29 is 55.0 Å². The number of esters is 1. The molecule has 1 aliphatic rings. The molecule has 1 fully saturated rings. The number of aromatic nitrogens is 1. The quantitative estimate of drug-likeness (QED) is 0.0301. The van der Waals surface area contributed by atoms with Crippen molar-refractivity contribution in [1.82, 2.24) is 10.3 Å². The number of carbonyl (C=O) groups excluding carboxylic acids is 3. The van der Waals surface area contributed by atoms with Crippen LogP contribution in [0.4, 0.5) is 23.7 Å². The van der Waals surface area contributed by atoms with Crippen LogP contribution in [0.3, 0.4) is 0 Å². The van der Waals surface area contributed by atoms with Crippen molar-refractivity contribution >= 4 is 59.4 Å². The molecular formula is C65H96F3N3O9Si3. The molecule has 1 saturated carbocycles. The van der Waals surface area contributed by atoms with Crippen LogP contribution >= 0.6 is 0 Å². The maximum absolute atomic E-state index is 13.8. The van der Waals surface area contributed by atoms with Gasteiger partial charge in [-0.15, -0.1) is 0 Å². The molecule has 458 valence electrons. The molecule has 6 atom stereocenters. The van der Waals surface area contributed by atoms with Gasteiger partial charge in [-0.25, -0.2) is 4.79 Å². The van der Waals surface area contributed by atoms with E-state index < -0.39 is 60.4 Å². The van der Waals surface area contributed by atoms with Crippen LogP contribution in [0.25, 0.3) is 10.8 Å². The van der Waals surface area contributed by atoms with Gasteiger partial charge in [0.2, 0.25) is 5.91 Å². The van der Waals surface area contributed by atoms with Gasteiger partial charge in [0, 0.05) is 42.4 Å². The number of unbranched alkanes of at least 4 members (excludes halogenated alkanes) is 1. The minimum absolute atomic E-state index is 0.0163. The summed E-state index contributed by atoms with van der Waals surface area (Å²) in [4.78, 5) is 43.8. The molecule has 1 heterocycles. The molecule has 5 rings (SSSR count). The van der Waals surface area contributed by atoms with Crippen LogP contribution in [-0.2, 0) is 45.1 Å². The molecule has 1 aliphatic carbocycles. The minimum Gasteiger partial charge on any atom is -0.491 e. The van der Waals surface area contributed by atoms with Gasteiger partial charge in [-0.1, -0.05) is 123 Å². The van der Waals surface area contributed by atoms with Crippen molar-refractivity contribution in [3.63, 3.8) is 0 Å². The van der Waals surface area contributed by atoms with E-state index in [4.69, 9.17) is 27.5 Å². The Morgan fingerprint density at radius 1 is 0.747 bits per heavy atom. The maximum atomic E-state index is 13.8. The molecule has 0 bridgehead atoms. The normalized spacial score (nSPS) is 18.6. The maximum Gasteiger partial charge on any atom is 0.416 e. The molecule has 1 unspecified atom stereocenters. The smallest absolute Gasteiger partial charge is 0.416 e. The summed E-state index contributed by atoms with van der Waals surface area (Å²) >= 11 is 0. The largest absolute Gasteiger partial charge is 0.491 e. The molecule has 12 nitrogen and oxygen atoms in total. The lowest BCUT2D eigenvalue weighted by atomic mass is 9.89. The number of amides is 2. The van der Waals surface area contributed by atoms with Crippen LogP contribution in [0.5, 0.6) is 5.75 Å². The Bertz CT molecular complexity index is 2850. The number of hydrogen-bond donors (Lipinski definition) is 2. The first kappa shape index (κ1) is 68.7. The summed E-state index contributed by atoms with van der Waals surface area (Å²) in [6, 6.07) is 19.6. The average Bonchev–Trinajstić information content (AvgIpc) is 3.31. The van der Waals surface area contributed by atoms with Gasteiger partial charge < -0.3 is 38.1 Å². The van der Waals surface area contributed by atoms with E-state index >= 15 is 0 Å². The molecule has 3 aromatic carbocycles. The third kappa shape index (κ3) is 20.5. The van der Waals surface area contributed by atoms with Crippen molar-refractivity contribution in [3.05, 3.63) is 126 Å². The number of fused-ring (bicyclic) bond motifs is 1. The zero-order chi connectivity index (χ0) is 62.0. The Kier molecular flexibility index (Phi) is 23.1. The number of nitrogens with zero attached hydrogens (tertiary/aromatic N) is 1. The van der Waals surface area contributed by atoms with Crippen molar-refractivity contribution in [2.24, 2.45) is 11.8 Å². The Balaban J connectivity index is 1.30. The minimum atomic E-state index is -4.51. The summed E-state index contributed by atoms with van der Waals surface area (Å²) in [7, 11) is -7.01. The first-order valence-corrected chi connectivity index (χ1v) is 38.0. The molecule has 0 spiro atoms. The van der Waals surface area contributed by atoms with Crippen LogP contribution in [0.1, 0.15) is 138 Å². The van der Waals surface area contributed by atoms with E-state index in [9.17, 15) is 27.6 Å². The Morgan fingerprint density at radius 2 is 1.39 bits per heavy atom. The van der Waals surface area contributed by atoms with Crippen molar-refractivity contribution in [2.75, 3.05) is 18.5 Å². The second kappa shape index (κ2) is 27.9. The summed E-state index contributed by atoms with van der Waals surface area (Å²) in [6.07, 6.45) is 8.94. The summed E-state index contributed by atoms with van der Waals surface area (Å²) in [5.74, 6) is -1.35. The third-order valence-corrected chi connectivity index (χ3v) is 30.4. The Hall–Kier alpha value is -5.12. The second-order valence-electron chi connectivity index (χ2n) is 27.8. The van der Waals surface area contributed by atoms with Crippen molar-refractivity contribution in [3.8, 4) is 5.75 Å². The first-order valence-electron chi connectivity index (χ1n) is 29.3. The van der Waals surface area contributed by atoms with Gasteiger partial charge >= 0.3 is 18.2 Å². The van der Waals surface area contributed by atoms with Gasteiger partial charge in [-0.05, 0) is 160 Å². The number of benzene rings is 3. The molecular weight excluding hydrogens is 1110 g/mol. The summed E-state index contributed by atoms with van der Waals surface area (Å²) in [6.45, 7) is 38.8. The van der Waals surface area contributed by atoms with E-state index in [1.165, 1.54) is 6.07 Å². The molecule has 83 heavy (non-hydrogen) atoms. The number of allylic oxidation sites excluding steroid dienone is 2. The third-order valence-electron chi connectivity index (χ3n) is 16.9. The summed E-state index contributed by atoms with van der Waals surface area (Å²) < 4.78 is 80.3. The lowest BCUT2D eigenvalue weighted by Crippen LogP contribution is -2.45. The highest BCUT2D eigenvalue weighted by Gasteiger charge is 2.51. The molecule has 1 aromatic heterocycles. The van der Waals surface area contributed by atoms with Gasteiger partial charge in [0.15, 0.2) is 25.0 Å². The molecule has 4 aromatic rings. The number of pyridine rings is 1. The second-order valence-corrected chi connectivity index (χ2v) is 42.1. The predicted molar refractivity (Wildman–Crippen MR) is 335 cm³/mol. The van der Waals surface area contributed by atoms with Crippen molar-refractivity contribution in [1.29, 1.82) is 0 Å². The van der Waals surface area contributed by atoms with E-state index in [1.807, 2.05) is 36.4 Å². The Labute approximate surface area is 496 Å². The van der Waals surface area contributed by atoms with E-state index in [0.717, 1.165) is 28.5 Å². The number of alkyl halides is 3. The van der Waals surface area contributed by atoms with Gasteiger partial charge in [0.05, 0.1) is 29.8 Å².